The highest BCUT2D eigenvalue weighted by atomic mass is 79.9. The van der Waals surface area contributed by atoms with Gasteiger partial charge >= 0.3 is 0 Å². The van der Waals surface area contributed by atoms with Crippen LogP contribution in [0.5, 0.6) is 0 Å². The van der Waals surface area contributed by atoms with Gasteiger partial charge in [-0.25, -0.2) is 0 Å². The number of benzene rings is 1. The number of hydrogen-bond donors (Lipinski definition) is 1. The van der Waals surface area contributed by atoms with Gasteiger partial charge in [0, 0.05) is 16.1 Å². The molecule has 1 aromatic carbocycles. The lowest BCUT2D eigenvalue weighted by Gasteiger charge is -2.47. The first-order valence-electron chi connectivity index (χ1n) is 7.82. The second-order valence-corrected chi connectivity index (χ2v) is 7.01. The predicted molar refractivity (Wildman–Crippen MR) is 89.9 cm³/mol. The van der Waals surface area contributed by atoms with Crippen molar-refractivity contribution in [3.8, 4) is 0 Å². The molecule has 0 aliphatic carbocycles. The van der Waals surface area contributed by atoms with Gasteiger partial charge in [0.1, 0.15) is 0 Å². The summed E-state index contributed by atoms with van der Waals surface area (Å²) in [6, 6.07) is 8.60. The molecule has 3 heteroatoms. The lowest BCUT2D eigenvalue weighted by atomic mass is 9.83. The van der Waals surface area contributed by atoms with Gasteiger partial charge in [-0.1, -0.05) is 47.5 Å². The molecule has 0 spiro atoms. The molecule has 20 heavy (non-hydrogen) atoms. The third-order valence-electron chi connectivity index (χ3n) is 4.99. The smallest absolute Gasteiger partial charge is 0.0332 e. The van der Waals surface area contributed by atoms with Crippen molar-refractivity contribution in [2.45, 2.75) is 57.5 Å². The number of halogens is 1. The topological polar surface area (TPSA) is 29.3 Å². The molecule has 1 aliphatic heterocycles. The van der Waals surface area contributed by atoms with Crippen LogP contribution in [0.25, 0.3) is 0 Å². The first-order chi connectivity index (χ1) is 9.58. The summed E-state index contributed by atoms with van der Waals surface area (Å²) in [7, 11) is 0. The highest BCUT2D eigenvalue weighted by Gasteiger charge is 2.36. The average Bonchev–Trinajstić information content (AvgIpc) is 2.49. The maximum absolute atomic E-state index is 6.63. The quantitative estimate of drug-likeness (QED) is 0.879. The molecule has 1 aromatic rings. The van der Waals surface area contributed by atoms with E-state index in [1.54, 1.807) is 0 Å². The number of nitrogens with two attached hydrogens (primary N) is 1. The minimum atomic E-state index is 0.107. The van der Waals surface area contributed by atoms with Gasteiger partial charge in [-0.3, -0.25) is 4.90 Å². The van der Waals surface area contributed by atoms with Crippen molar-refractivity contribution in [1.29, 1.82) is 0 Å². The number of nitrogens with zero attached hydrogens (tertiary/aromatic N) is 1. The van der Waals surface area contributed by atoms with Crippen molar-refractivity contribution < 1.29 is 0 Å². The van der Waals surface area contributed by atoms with Gasteiger partial charge < -0.3 is 5.73 Å². The van der Waals surface area contributed by atoms with E-state index in [-0.39, 0.29) is 11.6 Å². The van der Waals surface area contributed by atoms with E-state index < -0.39 is 0 Å². The lowest BCUT2D eigenvalue weighted by molar-refractivity contribution is 0.0546. The van der Waals surface area contributed by atoms with E-state index in [1.807, 2.05) is 0 Å². The molecule has 1 aliphatic rings. The molecular formula is C17H27BrN2. The molecule has 1 fully saturated rings. The fourth-order valence-electron chi connectivity index (χ4n) is 3.25. The van der Waals surface area contributed by atoms with Gasteiger partial charge in [-0.15, -0.1) is 0 Å². The summed E-state index contributed by atoms with van der Waals surface area (Å²) in [5.74, 6) is 0. The summed E-state index contributed by atoms with van der Waals surface area (Å²) in [6.07, 6.45) is 6.05. The minimum Gasteiger partial charge on any atom is -0.326 e. The molecule has 112 valence electrons. The van der Waals surface area contributed by atoms with Crippen molar-refractivity contribution in [3.63, 3.8) is 0 Å². The number of piperidine rings is 1. The summed E-state index contributed by atoms with van der Waals surface area (Å²) in [4.78, 5) is 2.62. The second-order valence-electron chi connectivity index (χ2n) is 6.16. The molecule has 1 saturated heterocycles. The molecule has 2 nitrogen and oxygen atoms in total. The van der Waals surface area contributed by atoms with Gasteiger partial charge in [-0.05, 0) is 57.3 Å². The van der Waals surface area contributed by atoms with Crippen molar-refractivity contribution in [2.75, 3.05) is 13.1 Å². The summed E-state index contributed by atoms with van der Waals surface area (Å²) < 4.78 is 1.17. The monoisotopic (exact) mass is 338 g/mol. The summed E-state index contributed by atoms with van der Waals surface area (Å²) in [5.41, 5.74) is 8.06. The maximum atomic E-state index is 6.63. The van der Waals surface area contributed by atoms with E-state index in [4.69, 9.17) is 5.73 Å². The van der Waals surface area contributed by atoms with Crippen LogP contribution in [0.4, 0.5) is 0 Å². The molecule has 0 aromatic heterocycles. The zero-order valence-corrected chi connectivity index (χ0v) is 14.3. The van der Waals surface area contributed by atoms with Crippen LogP contribution in [0.1, 0.15) is 45.1 Å². The molecule has 2 atom stereocenters. The standard InChI is InChI=1S/C17H27BrN2/c1-3-17(2,20-11-7-4-8-12-20)16(19)13-14-9-5-6-10-15(14)18/h5-6,9-10,16H,3-4,7-8,11-13,19H2,1-2H3. The number of hydrogen-bond acceptors (Lipinski definition) is 2. The van der Waals surface area contributed by atoms with E-state index >= 15 is 0 Å². The van der Waals surface area contributed by atoms with Crippen LogP contribution in [0.2, 0.25) is 0 Å². The van der Waals surface area contributed by atoms with Gasteiger partial charge in [0.15, 0.2) is 0 Å². The first kappa shape index (κ1) is 16.0. The Hall–Kier alpha value is -0.380. The number of rotatable bonds is 5. The van der Waals surface area contributed by atoms with Gasteiger partial charge in [0.2, 0.25) is 0 Å². The Morgan fingerprint density at radius 1 is 1.25 bits per heavy atom. The molecule has 0 radical (unpaired) electrons. The summed E-state index contributed by atoms with van der Waals surface area (Å²) >= 11 is 3.64. The molecule has 0 bridgehead atoms. The molecule has 1 heterocycles. The fraction of sp³-hybridized carbons (Fsp3) is 0.647. The Bertz CT molecular complexity index is 429. The van der Waals surface area contributed by atoms with Gasteiger partial charge in [0.25, 0.3) is 0 Å². The number of likely N-dealkylation sites (tertiary alicyclic amines) is 1. The summed E-state index contributed by atoms with van der Waals surface area (Å²) in [6.45, 7) is 7.02. The van der Waals surface area contributed by atoms with Crippen LogP contribution in [0.3, 0.4) is 0 Å². The molecule has 0 amide bonds. The largest absolute Gasteiger partial charge is 0.326 e. The highest BCUT2D eigenvalue weighted by Crippen LogP contribution is 2.29. The van der Waals surface area contributed by atoms with E-state index in [0.717, 1.165) is 12.8 Å². The van der Waals surface area contributed by atoms with Crippen molar-refractivity contribution in [2.24, 2.45) is 5.73 Å². The highest BCUT2D eigenvalue weighted by molar-refractivity contribution is 9.10. The van der Waals surface area contributed by atoms with Crippen LogP contribution in [0, 0.1) is 0 Å². The zero-order chi connectivity index (χ0) is 14.6. The van der Waals surface area contributed by atoms with Gasteiger partial charge in [-0.2, -0.15) is 0 Å². The van der Waals surface area contributed by atoms with E-state index in [9.17, 15) is 0 Å². The fourth-order valence-corrected chi connectivity index (χ4v) is 3.69. The van der Waals surface area contributed by atoms with E-state index in [2.05, 4.69) is 58.9 Å². The Labute approximate surface area is 131 Å². The Kier molecular flexibility index (Phi) is 5.65. The average molecular weight is 339 g/mol. The van der Waals surface area contributed by atoms with E-state index in [1.165, 1.54) is 42.4 Å². The summed E-state index contributed by atoms with van der Waals surface area (Å²) in [5, 5.41) is 0. The molecule has 2 unspecified atom stereocenters. The van der Waals surface area contributed by atoms with Crippen molar-refractivity contribution in [3.05, 3.63) is 34.3 Å². The Balaban J connectivity index is 2.11. The van der Waals surface area contributed by atoms with Crippen LogP contribution in [0.15, 0.2) is 28.7 Å². The van der Waals surface area contributed by atoms with Crippen LogP contribution < -0.4 is 5.73 Å². The zero-order valence-electron chi connectivity index (χ0n) is 12.7. The van der Waals surface area contributed by atoms with Crippen molar-refractivity contribution in [1.82, 2.24) is 4.90 Å². The van der Waals surface area contributed by atoms with Crippen LogP contribution in [-0.2, 0) is 6.42 Å². The van der Waals surface area contributed by atoms with Gasteiger partial charge in [0.05, 0.1) is 0 Å². The van der Waals surface area contributed by atoms with Crippen LogP contribution in [-0.4, -0.2) is 29.6 Å². The molecule has 2 rings (SSSR count). The maximum Gasteiger partial charge on any atom is 0.0332 e. The normalized spacial score (nSPS) is 21.4. The third kappa shape index (κ3) is 3.44. The van der Waals surface area contributed by atoms with E-state index in [0.29, 0.717) is 0 Å². The molecule has 0 saturated carbocycles. The SMILES string of the molecule is CCC(C)(C(N)Cc1ccccc1Br)N1CCCCC1. The lowest BCUT2D eigenvalue weighted by Crippen LogP contribution is -2.59. The second kappa shape index (κ2) is 7.06. The molecular weight excluding hydrogens is 312 g/mol. The Morgan fingerprint density at radius 3 is 2.50 bits per heavy atom. The first-order valence-corrected chi connectivity index (χ1v) is 8.61. The third-order valence-corrected chi connectivity index (χ3v) is 5.76. The minimum absolute atomic E-state index is 0.107. The molecule has 2 N–H and O–H groups in total. The Morgan fingerprint density at radius 2 is 1.90 bits per heavy atom. The van der Waals surface area contributed by atoms with Crippen molar-refractivity contribution >= 4 is 15.9 Å². The predicted octanol–water partition coefficient (Wildman–Crippen LogP) is 3.97. The van der Waals surface area contributed by atoms with Crippen LogP contribution >= 0.6 is 15.9 Å².